The highest BCUT2D eigenvalue weighted by atomic mass is 19.5. The zero-order valence-corrected chi connectivity index (χ0v) is 19.8. The van der Waals surface area contributed by atoms with E-state index in [0.29, 0.717) is 0 Å². The van der Waals surface area contributed by atoms with E-state index in [1.807, 2.05) is 0 Å². The molecule has 1 nitrogen and oxygen atoms in total. The molecule has 0 saturated heterocycles. The molecule has 0 unspecified atom stereocenters. The van der Waals surface area contributed by atoms with Gasteiger partial charge in [0.05, 0.1) is 26.2 Å². The van der Waals surface area contributed by atoms with E-state index < -0.39 is 43.5 Å². The lowest BCUT2D eigenvalue weighted by Gasteiger charge is -2.34. The molecule has 0 radical (unpaired) electrons. The van der Waals surface area contributed by atoms with Crippen LogP contribution in [0.3, 0.4) is 0 Å². The minimum atomic E-state index is -6.00. The molecule has 0 aromatic carbocycles. The highest BCUT2D eigenvalue weighted by Crippen LogP contribution is 2.09. The lowest BCUT2D eigenvalue weighted by atomic mass is 10.3. The van der Waals surface area contributed by atoms with Crippen LogP contribution in [-0.4, -0.2) is 74.2 Å². The third kappa shape index (κ3) is 387. The molecule has 0 spiro atoms. The van der Waals surface area contributed by atoms with Gasteiger partial charge in [-0.3, -0.25) is 0 Å². The predicted octanol–water partition coefficient (Wildman–Crippen LogP) is 9.68. The number of quaternary nitrogens is 1. The zero-order chi connectivity index (χ0) is 34.3. The van der Waals surface area contributed by atoms with Gasteiger partial charge in [-0.25, -0.2) is 0 Å². The molecule has 0 N–H and O–H groups in total. The Morgan fingerprint density at radius 3 is 0.308 bits per heavy atom. The van der Waals surface area contributed by atoms with E-state index >= 15 is 0 Å². The lowest BCUT2D eigenvalue weighted by Crippen LogP contribution is -2.47. The summed E-state index contributed by atoms with van der Waals surface area (Å²) in [7, 11) is -36.0. The largest absolute Gasteiger partial charge is 0.673 e. The molecule has 0 aliphatic heterocycles. The zero-order valence-electron chi connectivity index (χ0n) is 19.8. The molecule has 0 aliphatic rings. The molecule has 0 bridgehead atoms. The van der Waals surface area contributed by atoms with E-state index in [1.165, 1.54) is 30.7 Å². The van der Waals surface area contributed by atoms with Gasteiger partial charge < -0.3 is 108 Å². The first-order chi connectivity index (χ1) is 16.2. The van der Waals surface area contributed by atoms with Gasteiger partial charge in [0.25, 0.3) is 0 Å². The van der Waals surface area contributed by atoms with Gasteiger partial charge in [-0.2, -0.15) is 0 Å². The summed E-state index contributed by atoms with van der Waals surface area (Å²) in [6.07, 6.45) is 0. The van der Waals surface area contributed by atoms with Crippen LogP contribution in [0, 0.1) is 0 Å². The molecule has 0 aliphatic carbocycles. The summed E-state index contributed by atoms with van der Waals surface area (Å²) < 4.78 is 235. The highest BCUT2D eigenvalue weighted by molar-refractivity contribution is 6.51. The summed E-state index contributed by atoms with van der Waals surface area (Å²) in [5.74, 6) is 0. The van der Waals surface area contributed by atoms with Crippen molar-refractivity contribution in [2.45, 2.75) is 27.7 Å². The third-order valence-electron chi connectivity index (χ3n) is 2.68. The Morgan fingerprint density at radius 2 is 0.308 bits per heavy atom. The summed E-state index contributed by atoms with van der Waals surface area (Å²) in [4.78, 5) is 0. The smallest absolute Gasteiger partial charge is 0.418 e. The van der Waals surface area contributed by atoms with E-state index in [4.69, 9.17) is 0 Å². The van der Waals surface area contributed by atoms with Crippen molar-refractivity contribution < 1.29 is 108 Å². The van der Waals surface area contributed by atoms with E-state index in [1.54, 1.807) is 0 Å². The Labute approximate surface area is 206 Å². The summed E-state index contributed by atoms with van der Waals surface area (Å²) in [6, 6.07) is 0. The van der Waals surface area contributed by atoms with Crippen molar-refractivity contribution in [3.05, 3.63) is 0 Å². The van der Waals surface area contributed by atoms with Crippen LogP contribution >= 0.6 is 0 Å². The molecule has 0 atom stereocenters. The van der Waals surface area contributed by atoms with Crippen molar-refractivity contribution in [1.29, 1.82) is 0 Å². The van der Waals surface area contributed by atoms with Crippen molar-refractivity contribution in [3.8, 4) is 0 Å². The minimum Gasteiger partial charge on any atom is -0.418 e. The molecule has 31 heteroatoms. The predicted molar refractivity (Wildman–Crippen MR) is 104 cm³/mol. The molecule has 0 amide bonds. The number of halogens is 24. The standard InChI is InChI=1S/C8H20N.6BF4/c1-5-9(6-2,7-3)8-4;6*2-1(3,4)5/h5-8H2,1-4H3;;;;;;/q+1;6*-1. The second kappa shape index (κ2) is 23.4. The molecule has 0 heterocycles. The summed E-state index contributed by atoms with van der Waals surface area (Å²) in [6.45, 7) is 14.2. The van der Waals surface area contributed by atoms with Gasteiger partial charge in [0.1, 0.15) is 0 Å². The quantitative estimate of drug-likeness (QED) is 0.161. The minimum absolute atomic E-state index is 1.28. The van der Waals surface area contributed by atoms with Gasteiger partial charge in [0.15, 0.2) is 0 Å². The lowest BCUT2D eigenvalue weighted by molar-refractivity contribution is -0.921. The number of rotatable bonds is 4. The highest BCUT2D eigenvalue weighted by Gasteiger charge is 2.22. The summed E-state index contributed by atoms with van der Waals surface area (Å²) in [5.41, 5.74) is 0. The van der Waals surface area contributed by atoms with Crippen LogP contribution in [0.4, 0.5) is 104 Å². The molecule has 0 rings (SSSR count). The number of hydrogen-bond acceptors (Lipinski definition) is 0. The van der Waals surface area contributed by atoms with Gasteiger partial charge in [0, 0.05) is 0 Å². The normalized spacial score (nSPS) is 12.0. The Morgan fingerprint density at radius 1 is 0.256 bits per heavy atom. The van der Waals surface area contributed by atoms with Crippen molar-refractivity contribution in [2.75, 3.05) is 26.2 Å². The van der Waals surface area contributed by atoms with Crippen LogP contribution < -0.4 is 0 Å². The van der Waals surface area contributed by atoms with E-state index in [9.17, 15) is 104 Å². The topological polar surface area (TPSA) is 0 Å². The molecular formula is C8H20B6F24N-5. The Hall–Kier alpha value is -1.33. The maximum atomic E-state index is 9.75. The monoisotopic (exact) mass is 652 g/mol. The second-order valence-corrected chi connectivity index (χ2v) is 5.58. The number of hydrogen-bond donors (Lipinski definition) is 0. The van der Waals surface area contributed by atoms with E-state index in [2.05, 4.69) is 27.7 Å². The Bertz CT molecular complexity index is 355. The Kier molecular flexibility index (Phi) is 32.3. The van der Waals surface area contributed by atoms with E-state index in [0.717, 1.165) is 0 Å². The van der Waals surface area contributed by atoms with Crippen LogP contribution in [0.5, 0.6) is 0 Å². The second-order valence-electron chi connectivity index (χ2n) is 5.58. The molecule has 0 aromatic heterocycles. The first-order valence-electron chi connectivity index (χ1n) is 9.33. The fraction of sp³-hybridized carbons (Fsp3) is 1.00. The van der Waals surface area contributed by atoms with Crippen molar-refractivity contribution in [2.24, 2.45) is 0 Å². The molecule has 248 valence electrons. The van der Waals surface area contributed by atoms with Crippen molar-refractivity contribution in [3.63, 3.8) is 0 Å². The fourth-order valence-electron chi connectivity index (χ4n) is 1.34. The van der Waals surface area contributed by atoms with Gasteiger partial charge in [-0.15, -0.1) is 0 Å². The average Bonchev–Trinajstić information content (AvgIpc) is 2.48. The Balaban J connectivity index is -0.0000000622. The van der Waals surface area contributed by atoms with Crippen LogP contribution in [-0.2, 0) is 0 Å². The first-order valence-corrected chi connectivity index (χ1v) is 9.33. The van der Waals surface area contributed by atoms with Crippen LogP contribution in [0.15, 0.2) is 0 Å². The first kappa shape index (κ1) is 53.9. The summed E-state index contributed by atoms with van der Waals surface area (Å²) in [5, 5.41) is 0. The summed E-state index contributed by atoms with van der Waals surface area (Å²) >= 11 is 0. The van der Waals surface area contributed by atoms with Crippen LogP contribution in [0.25, 0.3) is 0 Å². The van der Waals surface area contributed by atoms with Gasteiger partial charge >= 0.3 is 43.5 Å². The number of nitrogens with zero attached hydrogens (tertiary/aromatic N) is 1. The molecule has 0 aromatic rings. The third-order valence-corrected chi connectivity index (χ3v) is 2.68. The maximum absolute atomic E-state index is 9.75. The molecule has 39 heavy (non-hydrogen) atoms. The SMILES string of the molecule is CC[N+](CC)(CC)CC.F[B-](F)(F)F.F[B-](F)(F)F.F[B-](F)(F)F.F[B-](F)(F)F.F[B-](F)(F)F.F[B-](F)(F)F. The van der Waals surface area contributed by atoms with E-state index in [-0.39, 0.29) is 0 Å². The molecule has 0 saturated carbocycles. The van der Waals surface area contributed by atoms with Crippen molar-refractivity contribution in [1.82, 2.24) is 0 Å². The maximum Gasteiger partial charge on any atom is 0.673 e. The average molecular weight is 651 g/mol. The van der Waals surface area contributed by atoms with Crippen LogP contribution in [0.2, 0.25) is 0 Å². The molecular weight excluding hydrogens is 631 g/mol. The van der Waals surface area contributed by atoms with Gasteiger partial charge in [-0.1, -0.05) is 0 Å². The van der Waals surface area contributed by atoms with Crippen LogP contribution in [0.1, 0.15) is 27.7 Å². The van der Waals surface area contributed by atoms with Gasteiger partial charge in [-0.05, 0) is 27.7 Å². The molecule has 0 fully saturated rings. The van der Waals surface area contributed by atoms with Crippen molar-refractivity contribution >= 4 is 43.5 Å². The van der Waals surface area contributed by atoms with Gasteiger partial charge in [0.2, 0.25) is 0 Å². The fourth-order valence-corrected chi connectivity index (χ4v) is 1.34.